The van der Waals surface area contributed by atoms with E-state index >= 15 is 0 Å². The molecule has 3 heterocycles. The van der Waals surface area contributed by atoms with E-state index in [-0.39, 0.29) is 43.4 Å². The maximum Gasteiger partial charge on any atom is 0.410 e. The number of aliphatic hydroxyl groups is 3. The molecular formula is C38H40FN3O11S2. The Balaban J connectivity index is 1.12. The number of ketones is 1. The number of rotatable bonds is 14. The van der Waals surface area contributed by atoms with E-state index in [0.717, 1.165) is 22.4 Å². The van der Waals surface area contributed by atoms with Crippen LogP contribution in [0.1, 0.15) is 39.0 Å². The van der Waals surface area contributed by atoms with Gasteiger partial charge in [0.25, 0.3) is 5.91 Å². The molecule has 0 radical (unpaired) electrons. The number of benzene rings is 3. The van der Waals surface area contributed by atoms with E-state index in [0.29, 0.717) is 46.3 Å². The predicted molar refractivity (Wildman–Crippen MR) is 202 cm³/mol. The highest BCUT2D eigenvalue weighted by molar-refractivity contribution is 8.76. The zero-order chi connectivity index (χ0) is 39.4. The lowest BCUT2D eigenvalue weighted by molar-refractivity contribution is -0.271. The summed E-state index contributed by atoms with van der Waals surface area (Å²) in [5.74, 6) is -1.86. The number of nitrogens with zero attached hydrogens (tertiary/aromatic N) is 1. The van der Waals surface area contributed by atoms with Crippen molar-refractivity contribution in [1.29, 1.82) is 0 Å². The van der Waals surface area contributed by atoms with Crippen molar-refractivity contribution in [3.63, 3.8) is 0 Å². The van der Waals surface area contributed by atoms with Crippen molar-refractivity contribution in [3.05, 3.63) is 88.2 Å². The molecule has 3 aromatic carbocycles. The molecule has 5 atom stereocenters. The minimum Gasteiger partial charge on any atom is -0.479 e. The van der Waals surface area contributed by atoms with Crippen LogP contribution in [0.25, 0.3) is 22.2 Å². The maximum absolute atomic E-state index is 14.3. The first-order valence-corrected chi connectivity index (χ1v) is 20.0. The molecule has 55 heavy (non-hydrogen) atoms. The van der Waals surface area contributed by atoms with E-state index in [9.17, 15) is 44.0 Å². The molecule has 0 aliphatic carbocycles. The highest BCUT2D eigenvalue weighted by atomic mass is 33.1. The van der Waals surface area contributed by atoms with Crippen LogP contribution >= 0.6 is 21.6 Å². The summed E-state index contributed by atoms with van der Waals surface area (Å²) in [5.41, 5.74) is 5.07. The Morgan fingerprint density at radius 3 is 2.49 bits per heavy atom. The second-order valence-electron chi connectivity index (χ2n) is 13.2. The molecule has 1 fully saturated rings. The first-order valence-electron chi connectivity index (χ1n) is 17.3. The smallest absolute Gasteiger partial charge is 0.410 e. The first kappa shape index (κ1) is 40.0. The average Bonchev–Trinajstić information content (AvgIpc) is 3.43. The molecule has 17 heteroatoms. The molecule has 0 bridgehead atoms. The van der Waals surface area contributed by atoms with E-state index in [2.05, 4.69) is 10.3 Å². The second kappa shape index (κ2) is 17.4. The number of amides is 2. The molecule has 0 saturated carbocycles. The topological polar surface area (TPSA) is 208 Å². The highest BCUT2D eigenvalue weighted by Gasteiger charge is 2.48. The first-order chi connectivity index (χ1) is 26.3. The van der Waals surface area contributed by atoms with Crippen LogP contribution in [-0.2, 0) is 45.1 Å². The van der Waals surface area contributed by atoms with Gasteiger partial charge in [-0.3, -0.25) is 9.59 Å². The van der Waals surface area contributed by atoms with Gasteiger partial charge in [0.1, 0.15) is 42.3 Å². The van der Waals surface area contributed by atoms with Gasteiger partial charge in [0, 0.05) is 60.9 Å². The Bertz CT molecular complexity index is 2080. The third kappa shape index (κ3) is 9.09. The van der Waals surface area contributed by atoms with E-state index in [1.54, 1.807) is 19.2 Å². The molecule has 0 spiro atoms. The Kier molecular flexibility index (Phi) is 12.7. The Labute approximate surface area is 322 Å². The van der Waals surface area contributed by atoms with E-state index in [1.165, 1.54) is 44.7 Å². The summed E-state index contributed by atoms with van der Waals surface area (Å²) in [7, 11) is 4.63. The number of aliphatic carboxylic acids is 1. The van der Waals surface area contributed by atoms with Gasteiger partial charge < -0.3 is 49.8 Å². The van der Waals surface area contributed by atoms with E-state index in [4.69, 9.17) is 14.2 Å². The maximum atomic E-state index is 14.3. The predicted octanol–water partition coefficient (Wildman–Crippen LogP) is 3.81. The van der Waals surface area contributed by atoms with Gasteiger partial charge in [-0.05, 0) is 59.2 Å². The summed E-state index contributed by atoms with van der Waals surface area (Å²) >= 11 is 0. The largest absolute Gasteiger partial charge is 0.479 e. The van der Waals surface area contributed by atoms with Crippen LogP contribution in [0.15, 0.2) is 54.6 Å². The quantitative estimate of drug-likeness (QED) is 0.0794. The fourth-order valence-electron chi connectivity index (χ4n) is 6.60. The van der Waals surface area contributed by atoms with Crippen molar-refractivity contribution in [3.8, 4) is 17.0 Å². The van der Waals surface area contributed by atoms with Crippen LogP contribution in [0, 0.1) is 5.82 Å². The second-order valence-corrected chi connectivity index (χ2v) is 15.9. The van der Waals surface area contributed by atoms with Crippen LogP contribution in [-0.4, -0.2) is 110 Å². The Morgan fingerprint density at radius 1 is 1.02 bits per heavy atom. The van der Waals surface area contributed by atoms with Gasteiger partial charge in [0.2, 0.25) is 6.29 Å². The SMILES string of the molecule is CSSCCC(=O)Cc1cc(COC(=O)N(C)Cc2ccc(-c3[nH]c4cc(F)cc5c4c3CCNC5=O)cc2)ccc1O[C@@H]1O[C@H](C(=O)O)[C@@H](O)[C@H](O)[C@H]1O. The van der Waals surface area contributed by atoms with Crippen LogP contribution < -0.4 is 10.1 Å². The minimum atomic E-state index is -1.90. The van der Waals surface area contributed by atoms with Crippen molar-refractivity contribution < 1.29 is 58.2 Å². The standard InChI is InChI=1S/C38H40FN3O11S2/c1-42(17-19-3-6-21(7-4-19)30-25-9-11-40-35(47)26-15-23(39)16-27(41-30)29(25)26)38(50)51-18-20-5-8-28(22(13-20)14-24(43)10-12-55-54-2)52-37-33(46)31(44)32(45)34(53-37)36(48)49/h3-8,13,15-16,31-34,37,41,44-46H,9-12,14,17-18H2,1-2H3,(H,40,47)(H,48,49)/t31-,32-,33+,34-,37+/m0/s1. The molecule has 4 aromatic rings. The van der Waals surface area contributed by atoms with Crippen LogP contribution in [0.3, 0.4) is 0 Å². The lowest BCUT2D eigenvalue weighted by atomic mass is 9.98. The number of carboxylic acid groups (broad SMARTS) is 1. The monoisotopic (exact) mass is 797 g/mol. The minimum absolute atomic E-state index is 0.0725. The molecule has 2 aliphatic heterocycles. The van der Waals surface area contributed by atoms with Crippen molar-refractivity contribution in [2.45, 2.75) is 63.1 Å². The number of halogens is 1. The number of H-pyrrole nitrogens is 1. The molecular weight excluding hydrogens is 758 g/mol. The fraction of sp³-hybridized carbons (Fsp3) is 0.368. The Morgan fingerprint density at radius 2 is 1.76 bits per heavy atom. The summed E-state index contributed by atoms with van der Waals surface area (Å²) in [6.07, 6.45) is -7.09. The van der Waals surface area contributed by atoms with Gasteiger partial charge in [-0.1, -0.05) is 51.9 Å². The number of aliphatic hydroxyl groups excluding tert-OH is 3. The van der Waals surface area contributed by atoms with Crippen LogP contribution in [0.2, 0.25) is 0 Å². The number of ether oxygens (including phenoxy) is 3. The van der Waals surface area contributed by atoms with Crippen molar-refractivity contribution in [2.75, 3.05) is 25.6 Å². The van der Waals surface area contributed by atoms with Gasteiger partial charge in [-0.15, -0.1) is 0 Å². The van der Waals surface area contributed by atoms with Crippen molar-refractivity contribution in [2.24, 2.45) is 0 Å². The van der Waals surface area contributed by atoms with Crippen molar-refractivity contribution >= 4 is 56.2 Å². The normalized spacial score (nSPS) is 20.8. The number of carboxylic acids is 1. The molecule has 14 nitrogen and oxygen atoms in total. The summed E-state index contributed by atoms with van der Waals surface area (Å²) in [6.45, 7) is 0.471. The zero-order valence-corrected chi connectivity index (χ0v) is 31.5. The summed E-state index contributed by atoms with van der Waals surface area (Å²) < 4.78 is 30.9. The lowest BCUT2D eigenvalue weighted by Crippen LogP contribution is -2.61. The number of hydrogen-bond donors (Lipinski definition) is 6. The lowest BCUT2D eigenvalue weighted by Gasteiger charge is -2.38. The molecule has 2 aliphatic rings. The van der Waals surface area contributed by atoms with Gasteiger partial charge in [-0.25, -0.2) is 14.0 Å². The molecule has 1 saturated heterocycles. The number of hydrogen-bond acceptors (Lipinski definition) is 12. The molecule has 1 aromatic heterocycles. The number of aromatic nitrogens is 1. The van der Waals surface area contributed by atoms with E-state index < -0.39 is 48.6 Å². The number of aromatic amines is 1. The van der Waals surface area contributed by atoms with E-state index in [1.807, 2.05) is 30.5 Å². The van der Waals surface area contributed by atoms with Gasteiger partial charge in [0.05, 0.1) is 5.56 Å². The molecule has 292 valence electrons. The average molecular weight is 798 g/mol. The highest BCUT2D eigenvalue weighted by Crippen LogP contribution is 2.35. The zero-order valence-electron chi connectivity index (χ0n) is 29.8. The molecule has 6 N–H and O–H groups in total. The third-order valence-electron chi connectivity index (χ3n) is 9.36. The summed E-state index contributed by atoms with van der Waals surface area (Å²) in [5, 5.41) is 43.7. The van der Waals surface area contributed by atoms with Crippen molar-refractivity contribution in [1.82, 2.24) is 15.2 Å². The summed E-state index contributed by atoms with van der Waals surface area (Å²) in [6, 6.07) is 14.8. The number of carbonyl (C=O) groups excluding carboxylic acids is 3. The molecule has 0 unspecified atom stereocenters. The molecule has 6 rings (SSSR count). The Hall–Kier alpha value is -4.65. The third-order valence-corrected chi connectivity index (χ3v) is 11.2. The van der Waals surface area contributed by atoms with Gasteiger partial charge in [0.15, 0.2) is 6.10 Å². The van der Waals surface area contributed by atoms with Crippen LogP contribution in [0.5, 0.6) is 5.75 Å². The summed E-state index contributed by atoms with van der Waals surface area (Å²) in [4.78, 5) is 54.7. The number of Topliss-reactive ketones (excluding diaryl/α,β-unsaturated/α-hetero) is 1. The van der Waals surface area contributed by atoms with Crippen LogP contribution in [0.4, 0.5) is 9.18 Å². The molecule has 2 amide bonds. The number of carbonyl (C=O) groups is 4. The van der Waals surface area contributed by atoms with Gasteiger partial charge >= 0.3 is 12.1 Å². The van der Waals surface area contributed by atoms with Gasteiger partial charge in [-0.2, -0.15) is 0 Å². The number of nitrogens with one attached hydrogen (secondary N) is 2. The fourth-order valence-corrected chi connectivity index (χ4v) is 7.83.